The van der Waals surface area contributed by atoms with Gasteiger partial charge in [-0.05, 0) is 43.5 Å². The molecule has 1 aliphatic carbocycles. The second-order valence-corrected chi connectivity index (χ2v) is 9.75. The summed E-state index contributed by atoms with van der Waals surface area (Å²) >= 11 is 1.45. The summed E-state index contributed by atoms with van der Waals surface area (Å²) in [5.41, 5.74) is 2.32. The molecule has 1 saturated carbocycles. The van der Waals surface area contributed by atoms with Crippen LogP contribution in [0.2, 0.25) is 0 Å². The van der Waals surface area contributed by atoms with E-state index in [9.17, 15) is 4.79 Å². The fourth-order valence-electron chi connectivity index (χ4n) is 4.00. The summed E-state index contributed by atoms with van der Waals surface area (Å²) in [7, 11) is 3.39. The Hall–Kier alpha value is -2.39. The minimum absolute atomic E-state index is 0.101. The molecular weight excluding hydrogens is 454 g/mol. The van der Waals surface area contributed by atoms with Crippen LogP contribution in [0, 0.1) is 0 Å². The molecule has 1 aliphatic heterocycles. The predicted octanol–water partition coefficient (Wildman–Crippen LogP) is 4.46. The topological polar surface area (TPSA) is 66.5 Å². The number of carbonyl (C=O) groups excluding carboxylic acids is 1. The summed E-state index contributed by atoms with van der Waals surface area (Å²) in [4.78, 5) is 15.7. The minimum Gasteiger partial charge on any atom is -0.465 e. The van der Waals surface area contributed by atoms with Gasteiger partial charge in [0.15, 0.2) is 5.76 Å². The van der Waals surface area contributed by atoms with Gasteiger partial charge in [0.2, 0.25) is 0 Å². The number of nitrogens with zero attached hydrogens (tertiary/aromatic N) is 1. The predicted molar refractivity (Wildman–Crippen MR) is 131 cm³/mol. The highest BCUT2D eigenvalue weighted by atomic mass is 32.1. The molecule has 0 saturated heterocycles. The number of fused-ring (bicyclic) bond motifs is 1. The van der Waals surface area contributed by atoms with Gasteiger partial charge in [0, 0.05) is 35.7 Å². The van der Waals surface area contributed by atoms with Gasteiger partial charge >= 0.3 is 5.97 Å². The summed E-state index contributed by atoms with van der Waals surface area (Å²) in [5.74, 6) is 1.18. The minimum atomic E-state index is -0.320. The van der Waals surface area contributed by atoms with Crippen molar-refractivity contribution in [2.75, 3.05) is 53.8 Å². The van der Waals surface area contributed by atoms with Crippen LogP contribution in [-0.4, -0.2) is 64.7 Å². The summed E-state index contributed by atoms with van der Waals surface area (Å²) in [5, 5.41) is 0. The zero-order valence-corrected chi connectivity index (χ0v) is 20.9. The van der Waals surface area contributed by atoms with Crippen molar-refractivity contribution in [2.24, 2.45) is 0 Å². The number of ether oxygens (including phenoxy) is 5. The lowest BCUT2D eigenvalue weighted by Gasteiger charge is -2.23. The van der Waals surface area contributed by atoms with Gasteiger partial charge in [-0.2, -0.15) is 0 Å². The lowest BCUT2D eigenvalue weighted by Crippen LogP contribution is -2.18. The van der Waals surface area contributed by atoms with Crippen LogP contribution in [0.15, 0.2) is 36.5 Å². The van der Waals surface area contributed by atoms with Gasteiger partial charge in [-0.3, -0.25) is 0 Å². The first-order valence-corrected chi connectivity index (χ1v) is 12.5. The zero-order chi connectivity index (χ0) is 24.0. The Balaban J connectivity index is 1.32. The Morgan fingerprint density at radius 1 is 1.06 bits per heavy atom. The zero-order valence-electron chi connectivity index (χ0n) is 20.1. The molecule has 7 nitrogen and oxygen atoms in total. The fourth-order valence-corrected chi connectivity index (χ4v) is 5.15. The Morgan fingerprint density at radius 2 is 1.76 bits per heavy atom. The molecule has 0 spiro atoms. The first-order valence-electron chi connectivity index (χ1n) is 11.7. The molecule has 2 aromatic rings. The van der Waals surface area contributed by atoms with Crippen molar-refractivity contribution in [1.29, 1.82) is 0 Å². The van der Waals surface area contributed by atoms with Crippen molar-refractivity contribution >= 4 is 23.1 Å². The van der Waals surface area contributed by atoms with E-state index in [0.717, 1.165) is 41.3 Å². The Morgan fingerprint density at radius 3 is 2.44 bits per heavy atom. The fraction of sp³-hybridized carbons (Fsp3) is 0.500. The molecule has 0 atom stereocenters. The first kappa shape index (κ1) is 24.7. The second kappa shape index (κ2) is 11.4. The maximum atomic E-state index is 12.0. The molecule has 1 aromatic carbocycles. The molecule has 1 fully saturated rings. The average molecular weight is 488 g/mol. The Kier molecular flexibility index (Phi) is 8.26. The van der Waals surface area contributed by atoms with E-state index in [-0.39, 0.29) is 11.4 Å². The maximum absolute atomic E-state index is 12.0. The molecule has 0 amide bonds. The van der Waals surface area contributed by atoms with E-state index in [2.05, 4.69) is 17.0 Å². The third-order valence-corrected chi connectivity index (χ3v) is 7.17. The van der Waals surface area contributed by atoms with Crippen LogP contribution in [0.3, 0.4) is 0 Å². The molecule has 0 unspecified atom stereocenters. The van der Waals surface area contributed by atoms with Gasteiger partial charge in [0.1, 0.15) is 10.6 Å². The number of hydrogen-bond donors (Lipinski definition) is 0. The number of thiophene rings is 1. The van der Waals surface area contributed by atoms with Crippen LogP contribution in [0.25, 0.3) is 5.76 Å². The summed E-state index contributed by atoms with van der Waals surface area (Å²) < 4.78 is 27.8. The molecule has 4 rings (SSSR count). The van der Waals surface area contributed by atoms with Crippen LogP contribution in [-0.2, 0) is 30.9 Å². The highest BCUT2D eigenvalue weighted by molar-refractivity contribution is 7.14. The molecule has 2 heterocycles. The molecule has 2 aliphatic rings. The van der Waals surface area contributed by atoms with E-state index >= 15 is 0 Å². The third kappa shape index (κ3) is 5.99. The van der Waals surface area contributed by atoms with Gasteiger partial charge in [0.05, 0.1) is 46.7 Å². The van der Waals surface area contributed by atoms with Gasteiger partial charge in [-0.1, -0.05) is 12.1 Å². The van der Waals surface area contributed by atoms with E-state index in [0.29, 0.717) is 44.5 Å². The Labute approximate surface area is 205 Å². The van der Waals surface area contributed by atoms with Crippen molar-refractivity contribution < 1.29 is 28.5 Å². The summed E-state index contributed by atoms with van der Waals surface area (Å²) in [6.45, 7) is 6.54. The van der Waals surface area contributed by atoms with Crippen LogP contribution < -0.4 is 4.74 Å². The molecular formula is C26H33NO6S. The van der Waals surface area contributed by atoms with E-state index in [4.69, 9.17) is 23.7 Å². The van der Waals surface area contributed by atoms with Crippen LogP contribution in [0.4, 0.5) is 0 Å². The lowest BCUT2D eigenvalue weighted by atomic mass is 9.97. The van der Waals surface area contributed by atoms with Crippen molar-refractivity contribution in [1.82, 2.24) is 4.90 Å². The molecule has 34 heavy (non-hydrogen) atoms. The van der Waals surface area contributed by atoms with Gasteiger partial charge in [0.25, 0.3) is 0 Å². The normalized spacial score (nSPS) is 16.1. The second-order valence-electron chi connectivity index (χ2n) is 8.62. The molecule has 184 valence electrons. The molecule has 0 bridgehead atoms. The van der Waals surface area contributed by atoms with E-state index in [1.54, 1.807) is 0 Å². The van der Waals surface area contributed by atoms with Crippen molar-refractivity contribution in [3.63, 3.8) is 0 Å². The highest BCUT2D eigenvalue weighted by Gasteiger charge is 2.44. The standard InChI is InChI=1S/C26H33NO6S/c1-4-30-11-12-31-13-14-32-18-26(9-10-26)19-5-7-20(8-6-19)33-22-16-27(2)17-24-21(22)15-23(34-24)25(28)29-3/h5-8,15-16H,4,9-14,17-18H2,1-3H3. The van der Waals surface area contributed by atoms with Gasteiger partial charge in [-0.25, -0.2) is 4.79 Å². The van der Waals surface area contributed by atoms with Gasteiger partial charge < -0.3 is 28.6 Å². The van der Waals surface area contributed by atoms with E-state index in [1.165, 1.54) is 24.0 Å². The first-order chi connectivity index (χ1) is 16.5. The molecule has 0 N–H and O–H groups in total. The number of rotatable bonds is 13. The van der Waals surface area contributed by atoms with E-state index in [1.807, 2.05) is 38.4 Å². The number of esters is 1. The smallest absolute Gasteiger partial charge is 0.348 e. The molecule has 0 radical (unpaired) electrons. The number of methoxy groups -OCH3 is 1. The highest BCUT2D eigenvalue weighted by Crippen LogP contribution is 2.48. The van der Waals surface area contributed by atoms with Crippen LogP contribution in [0.5, 0.6) is 5.75 Å². The maximum Gasteiger partial charge on any atom is 0.348 e. The number of carbonyl (C=O) groups is 1. The number of benzene rings is 1. The lowest BCUT2D eigenvalue weighted by molar-refractivity contribution is 0.0124. The van der Waals surface area contributed by atoms with Crippen LogP contribution >= 0.6 is 11.3 Å². The van der Waals surface area contributed by atoms with Gasteiger partial charge in [-0.15, -0.1) is 11.3 Å². The monoisotopic (exact) mass is 487 g/mol. The van der Waals surface area contributed by atoms with Crippen LogP contribution in [0.1, 0.15) is 45.4 Å². The summed E-state index contributed by atoms with van der Waals surface area (Å²) in [6.07, 6.45) is 4.22. The third-order valence-electron chi connectivity index (χ3n) is 6.07. The van der Waals surface area contributed by atoms with E-state index < -0.39 is 0 Å². The average Bonchev–Trinajstić information content (AvgIpc) is 3.51. The largest absolute Gasteiger partial charge is 0.465 e. The van der Waals surface area contributed by atoms with Crippen molar-refractivity contribution in [3.8, 4) is 5.75 Å². The van der Waals surface area contributed by atoms with Crippen molar-refractivity contribution in [2.45, 2.75) is 31.7 Å². The quantitative estimate of drug-likeness (QED) is 0.305. The molecule has 1 aromatic heterocycles. The molecule has 8 heteroatoms. The number of hydrogen-bond acceptors (Lipinski definition) is 8. The Bertz CT molecular complexity index is 995. The summed E-state index contributed by atoms with van der Waals surface area (Å²) in [6, 6.07) is 10.1. The van der Waals surface area contributed by atoms with Crippen molar-refractivity contribution in [3.05, 3.63) is 57.4 Å². The SMILES string of the molecule is CCOCCOCCOCC1(c2ccc(OC3=CN(C)Cc4sc(C(=O)OC)cc43)cc2)CC1.